The first kappa shape index (κ1) is 21.0. The van der Waals surface area contributed by atoms with Crippen LogP contribution in [0, 0.1) is 0 Å². The molecule has 0 fully saturated rings. The molecule has 2 heterocycles. The molecule has 2 aromatic heterocycles. The number of rotatable bonds is 6. The molecule has 4 rings (SSSR count). The molecule has 0 saturated carbocycles. The Morgan fingerprint density at radius 2 is 1.84 bits per heavy atom. The van der Waals surface area contributed by atoms with Crippen LogP contribution in [0.15, 0.2) is 83.3 Å². The number of benzene rings is 2. The third-order valence-electron chi connectivity index (χ3n) is 4.63. The predicted octanol–water partition coefficient (Wildman–Crippen LogP) is 4.57. The first-order valence-corrected chi connectivity index (χ1v) is 9.54. The van der Waals surface area contributed by atoms with Crippen molar-refractivity contribution >= 4 is 34.3 Å². The number of nitrogens with two attached hydrogens (primary N) is 1. The third kappa shape index (κ3) is 4.75. The van der Waals surface area contributed by atoms with Crippen molar-refractivity contribution in [1.82, 2.24) is 14.5 Å². The number of aliphatic imine (C=N–C) groups is 1. The van der Waals surface area contributed by atoms with Gasteiger partial charge in [0.1, 0.15) is 12.0 Å². The van der Waals surface area contributed by atoms with Gasteiger partial charge in [-0.1, -0.05) is 12.1 Å². The van der Waals surface area contributed by atoms with E-state index in [0.717, 1.165) is 29.0 Å². The molecule has 10 heteroatoms. The second-order valence-electron chi connectivity index (χ2n) is 6.78. The molecule has 162 valence electrons. The van der Waals surface area contributed by atoms with Crippen molar-refractivity contribution in [2.24, 2.45) is 15.9 Å². The number of nitrogens with zero attached hydrogens (tertiary/aromatic N) is 5. The van der Waals surface area contributed by atoms with Gasteiger partial charge in [-0.05, 0) is 48.5 Å². The summed E-state index contributed by atoms with van der Waals surface area (Å²) < 4.78 is 40.3. The Balaban J connectivity index is 1.42. The monoisotopic (exact) mass is 437 g/mol. The molecular weight excluding hydrogens is 419 g/mol. The van der Waals surface area contributed by atoms with Gasteiger partial charge in [-0.15, -0.1) is 0 Å². The number of hydrazone groups is 1. The molecule has 3 N–H and O–H groups in total. The standard InChI is InChI=1S/C22H18F3N7/c23-22(24,25)21-11-16(9-10-27-21)29-13-17(31-26)12-28-15-5-7-18(8-6-15)32-14-30-19-3-1-2-4-20(19)32/h1-12,14H,13,26H2,(H,27,29)/b28-12?,31-17+. The normalized spacial score (nSPS) is 12.5. The van der Waals surface area contributed by atoms with Crippen LogP contribution >= 0.6 is 0 Å². The number of hydrogen-bond donors (Lipinski definition) is 2. The lowest BCUT2D eigenvalue weighted by molar-refractivity contribution is -0.141. The summed E-state index contributed by atoms with van der Waals surface area (Å²) in [5.41, 5.74) is 3.14. The van der Waals surface area contributed by atoms with E-state index in [2.05, 4.69) is 25.4 Å². The summed E-state index contributed by atoms with van der Waals surface area (Å²) in [6, 6.07) is 17.7. The fourth-order valence-electron chi connectivity index (χ4n) is 3.03. The second-order valence-corrected chi connectivity index (χ2v) is 6.78. The zero-order valence-corrected chi connectivity index (χ0v) is 16.7. The smallest absolute Gasteiger partial charge is 0.379 e. The topological polar surface area (TPSA) is 93.5 Å². The third-order valence-corrected chi connectivity index (χ3v) is 4.63. The molecule has 0 amide bonds. The number of fused-ring (bicyclic) bond motifs is 1. The minimum atomic E-state index is -4.51. The second kappa shape index (κ2) is 8.88. The Kier molecular flexibility index (Phi) is 5.84. The molecule has 0 aliphatic carbocycles. The van der Waals surface area contributed by atoms with Crippen molar-refractivity contribution in [3.63, 3.8) is 0 Å². The van der Waals surface area contributed by atoms with Crippen molar-refractivity contribution in [1.29, 1.82) is 0 Å². The predicted molar refractivity (Wildman–Crippen MR) is 119 cm³/mol. The molecule has 0 unspecified atom stereocenters. The lowest BCUT2D eigenvalue weighted by Gasteiger charge is -2.09. The molecule has 0 atom stereocenters. The van der Waals surface area contributed by atoms with E-state index in [9.17, 15) is 13.2 Å². The first-order valence-electron chi connectivity index (χ1n) is 9.54. The molecule has 0 spiro atoms. The Morgan fingerprint density at radius 1 is 1.06 bits per heavy atom. The van der Waals surface area contributed by atoms with Crippen LogP contribution in [0.5, 0.6) is 0 Å². The molecule has 0 saturated heterocycles. The molecule has 7 nitrogen and oxygen atoms in total. The van der Waals surface area contributed by atoms with Gasteiger partial charge in [0.15, 0.2) is 0 Å². The summed E-state index contributed by atoms with van der Waals surface area (Å²) >= 11 is 0. The van der Waals surface area contributed by atoms with Crippen molar-refractivity contribution in [2.45, 2.75) is 6.18 Å². The zero-order chi connectivity index (χ0) is 22.6. The zero-order valence-electron chi connectivity index (χ0n) is 16.7. The molecular formula is C22H18F3N7. The average Bonchev–Trinajstić information content (AvgIpc) is 3.23. The van der Waals surface area contributed by atoms with Crippen LogP contribution in [0.3, 0.4) is 0 Å². The molecule has 4 aromatic rings. The lowest BCUT2D eigenvalue weighted by atomic mass is 10.2. The van der Waals surface area contributed by atoms with Gasteiger partial charge in [0.2, 0.25) is 0 Å². The summed E-state index contributed by atoms with van der Waals surface area (Å²) in [7, 11) is 0. The van der Waals surface area contributed by atoms with Crippen molar-refractivity contribution < 1.29 is 13.2 Å². The van der Waals surface area contributed by atoms with Gasteiger partial charge in [-0.25, -0.2) is 4.98 Å². The van der Waals surface area contributed by atoms with E-state index in [-0.39, 0.29) is 12.2 Å². The van der Waals surface area contributed by atoms with Gasteiger partial charge in [0.25, 0.3) is 0 Å². The molecule has 32 heavy (non-hydrogen) atoms. The van der Waals surface area contributed by atoms with Gasteiger partial charge < -0.3 is 11.2 Å². The Labute approximate surface area is 181 Å². The van der Waals surface area contributed by atoms with Gasteiger partial charge in [0.05, 0.1) is 35.2 Å². The van der Waals surface area contributed by atoms with E-state index >= 15 is 0 Å². The SMILES string of the molecule is N/N=C(\C=Nc1ccc(-n2cnc3ccccc32)cc1)CNc1ccnc(C(F)(F)F)c1. The molecule has 0 aliphatic rings. The summed E-state index contributed by atoms with van der Waals surface area (Å²) in [4.78, 5) is 12.0. The van der Waals surface area contributed by atoms with Crippen LogP contribution in [0.2, 0.25) is 0 Å². The highest BCUT2D eigenvalue weighted by Crippen LogP contribution is 2.28. The Hall–Kier alpha value is -4.21. The Bertz CT molecular complexity index is 1270. The molecule has 0 radical (unpaired) electrons. The maximum atomic E-state index is 12.8. The van der Waals surface area contributed by atoms with Crippen LogP contribution in [0.1, 0.15) is 5.69 Å². The largest absolute Gasteiger partial charge is 0.433 e. The van der Waals surface area contributed by atoms with Crippen LogP contribution < -0.4 is 11.2 Å². The van der Waals surface area contributed by atoms with E-state index in [1.807, 2.05) is 53.1 Å². The number of anilines is 1. The van der Waals surface area contributed by atoms with E-state index in [1.165, 1.54) is 12.3 Å². The number of para-hydroxylation sites is 2. The molecule has 0 aliphatic heterocycles. The highest BCUT2D eigenvalue weighted by atomic mass is 19.4. The van der Waals surface area contributed by atoms with Crippen molar-refractivity contribution in [3.05, 3.63) is 78.9 Å². The minimum Gasteiger partial charge on any atom is -0.379 e. The number of alkyl halides is 3. The number of imidazole rings is 1. The number of halogens is 3. The van der Waals surface area contributed by atoms with Gasteiger partial charge >= 0.3 is 6.18 Å². The fraction of sp³-hybridized carbons (Fsp3) is 0.0909. The quantitative estimate of drug-likeness (QED) is 0.263. The van der Waals surface area contributed by atoms with Crippen LogP contribution in [0.25, 0.3) is 16.7 Å². The van der Waals surface area contributed by atoms with E-state index in [4.69, 9.17) is 5.84 Å². The van der Waals surface area contributed by atoms with Gasteiger partial charge in [-0.2, -0.15) is 18.3 Å². The van der Waals surface area contributed by atoms with Crippen molar-refractivity contribution in [2.75, 3.05) is 11.9 Å². The fourth-order valence-corrected chi connectivity index (χ4v) is 3.03. The summed E-state index contributed by atoms with van der Waals surface area (Å²) in [5.74, 6) is 5.40. The van der Waals surface area contributed by atoms with E-state index < -0.39 is 11.9 Å². The summed E-state index contributed by atoms with van der Waals surface area (Å²) in [6.07, 6.45) is -0.208. The van der Waals surface area contributed by atoms with Crippen molar-refractivity contribution in [3.8, 4) is 5.69 Å². The lowest BCUT2D eigenvalue weighted by Crippen LogP contribution is -2.17. The maximum Gasteiger partial charge on any atom is 0.433 e. The highest BCUT2D eigenvalue weighted by molar-refractivity contribution is 6.32. The highest BCUT2D eigenvalue weighted by Gasteiger charge is 2.32. The van der Waals surface area contributed by atoms with Crippen LogP contribution in [-0.4, -0.2) is 33.0 Å². The summed E-state index contributed by atoms with van der Waals surface area (Å²) in [6.45, 7) is 0.0976. The number of nitrogens with one attached hydrogen (secondary N) is 1. The number of hydrogen-bond acceptors (Lipinski definition) is 6. The van der Waals surface area contributed by atoms with E-state index in [0.29, 0.717) is 11.4 Å². The van der Waals surface area contributed by atoms with Gasteiger partial charge in [-0.3, -0.25) is 14.5 Å². The van der Waals surface area contributed by atoms with Gasteiger partial charge in [0, 0.05) is 17.6 Å². The molecule has 2 aromatic carbocycles. The maximum absolute atomic E-state index is 12.8. The summed E-state index contributed by atoms with van der Waals surface area (Å²) in [5, 5.41) is 6.47. The minimum absolute atomic E-state index is 0.0976. The van der Waals surface area contributed by atoms with Crippen LogP contribution in [-0.2, 0) is 6.18 Å². The van der Waals surface area contributed by atoms with E-state index in [1.54, 1.807) is 6.33 Å². The number of pyridine rings is 1. The molecule has 0 bridgehead atoms. The average molecular weight is 437 g/mol. The first-order chi connectivity index (χ1) is 15.4. The number of aromatic nitrogens is 3. The van der Waals surface area contributed by atoms with Crippen LogP contribution in [0.4, 0.5) is 24.5 Å². The Morgan fingerprint density at radius 3 is 2.59 bits per heavy atom.